The fraction of sp³-hybridized carbons (Fsp3) is 0.667. The molecule has 0 amide bonds. The molecule has 2 unspecified atom stereocenters. The Kier molecular flexibility index (Phi) is 3.62. The number of hydrogen-bond donors (Lipinski definition) is 1. The van der Waals surface area contributed by atoms with Crippen molar-refractivity contribution in [1.82, 2.24) is 15.2 Å². The van der Waals surface area contributed by atoms with Gasteiger partial charge in [0, 0.05) is 24.8 Å². The van der Waals surface area contributed by atoms with Gasteiger partial charge in [-0.05, 0) is 57.3 Å². The second kappa shape index (κ2) is 5.37. The summed E-state index contributed by atoms with van der Waals surface area (Å²) in [5.74, 6) is 0. The highest BCUT2D eigenvalue weighted by Crippen LogP contribution is 2.26. The Morgan fingerprint density at radius 3 is 3.11 bits per heavy atom. The van der Waals surface area contributed by atoms with Crippen molar-refractivity contribution in [3.8, 4) is 0 Å². The van der Waals surface area contributed by atoms with E-state index in [2.05, 4.69) is 28.2 Å². The summed E-state index contributed by atoms with van der Waals surface area (Å²) in [6.45, 7) is 5.63. The third-order valence-corrected chi connectivity index (χ3v) is 4.45. The minimum absolute atomic E-state index is 0.719. The first kappa shape index (κ1) is 12.1. The molecule has 0 saturated carbocycles. The van der Waals surface area contributed by atoms with Crippen LogP contribution in [-0.2, 0) is 6.54 Å². The van der Waals surface area contributed by atoms with Crippen LogP contribution < -0.4 is 5.32 Å². The van der Waals surface area contributed by atoms with Crippen molar-refractivity contribution in [2.24, 2.45) is 0 Å². The van der Waals surface area contributed by atoms with E-state index in [0.29, 0.717) is 0 Å². The van der Waals surface area contributed by atoms with Gasteiger partial charge in [0.25, 0.3) is 0 Å². The van der Waals surface area contributed by atoms with Crippen LogP contribution in [0.4, 0.5) is 0 Å². The van der Waals surface area contributed by atoms with Gasteiger partial charge in [-0.2, -0.15) is 0 Å². The lowest BCUT2D eigenvalue weighted by Crippen LogP contribution is -2.43. The number of aryl methyl sites for hydroxylation is 1. The van der Waals surface area contributed by atoms with E-state index in [9.17, 15) is 0 Å². The Bertz CT molecular complexity index is 398. The molecule has 3 nitrogen and oxygen atoms in total. The molecule has 2 aliphatic heterocycles. The Morgan fingerprint density at radius 1 is 1.39 bits per heavy atom. The van der Waals surface area contributed by atoms with Gasteiger partial charge < -0.3 is 5.32 Å². The SMILES string of the molecule is Cc1cccnc1CN1CCCC1C1CCCN1. The quantitative estimate of drug-likeness (QED) is 0.884. The van der Waals surface area contributed by atoms with Crippen LogP contribution in [0.3, 0.4) is 0 Å². The lowest BCUT2D eigenvalue weighted by atomic mass is 10.0. The summed E-state index contributed by atoms with van der Waals surface area (Å²) in [7, 11) is 0. The predicted octanol–water partition coefficient (Wildman–Crippen LogP) is 2.11. The molecule has 3 rings (SSSR count). The van der Waals surface area contributed by atoms with Crippen LogP contribution >= 0.6 is 0 Å². The molecule has 0 spiro atoms. The van der Waals surface area contributed by atoms with Gasteiger partial charge in [-0.1, -0.05) is 6.07 Å². The molecular formula is C15H23N3. The van der Waals surface area contributed by atoms with Gasteiger partial charge in [0.15, 0.2) is 0 Å². The molecule has 3 heteroatoms. The lowest BCUT2D eigenvalue weighted by molar-refractivity contribution is 0.204. The van der Waals surface area contributed by atoms with E-state index >= 15 is 0 Å². The maximum atomic E-state index is 4.54. The first-order chi connectivity index (χ1) is 8.84. The minimum atomic E-state index is 0.719. The van der Waals surface area contributed by atoms with Crippen molar-refractivity contribution in [3.63, 3.8) is 0 Å². The molecule has 98 valence electrons. The second-order valence-electron chi connectivity index (χ2n) is 5.65. The Hall–Kier alpha value is -0.930. The fourth-order valence-corrected chi connectivity index (χ4v) is 3.42. The number of aromatic nitrogens is 1. The Morgan fingerprint density at radius 2 is 2.33 bits per heavy atom. The van der Waals surface area contributed by atoms with Crippen LogP contribution in [0.5, 0.6) is 0 Å². The summed E-state index contributed by atoms with van der Waals surface area (Å²) >= 11 is 0. The molecule has 2 aliphatic rings. The van der Waals surface area contributed by atoms with Crippen LogP contribution in [0, 0.1) is 6.92 Å². The van der Waals surface area contributed by atoms with E-state index in [4.69, 9.17) is 0 Å². The molecular weight excluding hydrogens is 222 g/mol. The molecule has 18 heavy (non-hydrogen) atoms. The zero-order chi connectivity index (χ0) is 12.4. The number of nitrogens with zero attached hydrogens (tertiary/aromatic N) is 2. The summed E-state index contributed by atoms with van der Waals surface area (Å²) in [5.41, 5.74) is 2.57. The monoisotopic (exact) mass is 245 g/mol. The van der Waals surface area contributed by atoms with Crippen molar-refractivity contribution in [2.75, 3.05) is 13.1 Å². The Labute approximate surface area is 110 Å². The molecule has 0 aromatic carbocycles. The molecule has 0 radical (unpaired) electrons. The maximum absolute atomic E-state index is 4.54. The van der Waals surface area contributed by atoms with Gasteiger partial charge in [0.05, 0.1) is 5.69 Å². The van der Waals surface area contributed by atoms with E-state index in [1.165, 1.54) is 50.0 Å². The molecule has 1 N–H and O–H groups in total. The van der Waals surface area contributed by atoms with Gasteiger partial charge in [-0.25, -0.2) is 0 Å². The van der Waals surface area contributed by atoms with Gasteiger partial charge in [0.1, 0.15) is 0 Å². The van der Waals surface area contributed by atoms with Crippen LogP contribution in [-0.4, -0.2) is 35.1 Å². The van der Waals surface area contributed by atoms with Crippen LogP contribution in [0.1, 0.15) is 36.9 Å². The zero-order valence-corrected chi connectivity index (χ0v) is 11.2. The fourth-order valence-electron chi connectivity index (χ4n) is 3.42. The number of likely N-dealkylation sites (tertiary alicyclic amines) is 1. The van der Waals surface area contributed by atoms with Gasteiger partial charge in [0.2, 0.25) is 0 Å². The maximum Gasteiger partial charge on any atom is 0.0573 e. The van der Waals surface area contributed by atoms with Crippen molar-refractivity contribution in [3.05, 3.63) is 29.6 Å². The Balaban J connectivity index is 1.69. The predicted molar refractivity (Wildman–Crippen MR) is 73.4 cm³/mol. The third-order valence-electron chi connectivity index (χ3n) is 4.45. The number of hydrogen-bond acceptors (Lipinski definition) is 3. The molecule has 1 aromatic rings. The highest BCUT2D eigenvalue weighted by Gasteiger charge is 2.33. The number of nitrogens with one attached hydrogen (secondary N) is 1. The van der Waals surface area contributed by atoms with Crippen LogP contribution in [0.2, 0.25) is 0 Å². The molecule has 0 aliphatic carbocycles. The smallest absolute Gasteiger partial charge is 0.0573 e. The summed E-state index contributed by atoms with van der Waals surface area (Å²) in [6.07, 6.45) is 7.31. The molecule has 3 heterocycles. The molecule has 2 atom stereocenters. The van der Waals surface area contributed by atoms with E-state index in [0.717, 1.165) is 18.6 Å². The van der Waals surface area contributed by atoms with Crippen molar-refractivity contribution in [2.45, 2.75) is 51.2 Å². The van der Waals surface area contributed by atoms with E-state index in [1.54, 1.807) is 0 Å². The van der Waals surface area contributed by atoms with Crippen LogP contribution in [0.25, 0.3) is 0 Å². The summed E-state index contributed by atoms with van der Waals surface area (Å²) in [5, 5.41) is 3.67. The van der Waals surface area contributed by atoms with E-state index < -0.39 is 0 Å². The van der Waals surface area contributed by atoms with E-state index in [-0.39, 0.29) is 0 Å². The standard InChI is InChI=1S/C15H23N3/c1-12-5-2-8-17-14(12)11-18-10-4-7-15(18)13-6-3-9-16-13/h2,5,8,13,15-16H,3-4,6-7,9-11H2,1H3. The molecule has 2 saturated heterocycles. The molecule has 2 fully saturated rings. The van der Waals surface area contributed by atoms with Gasteiger partial charge in [-0.15, -0.1) is 0 Å². The number of pyridine rings is 1. The average molecular weight is 245 g/mol. The average Bonchev–Trinajstić information content (AvgIpc) is 3.02. The molecule has 0 bridgehead atoms. The summed E-state index contributed by atoms with van der Waals surface area (Å²) in [4.78, 5) is 7.18. The van der Waals surface area contributed by atoms with Crippen molar-refractivity contribution >= 4 is 0 Å². The van der Waals surface area contributed by atoms with E-state index in [1.807, 2.05) is 12.3 Å². The highest BCUT2D eigenvalue weighted by atomic mass is 15.2. The van der Waals surface area contributed by atoms with Crippen LogP contribution in [0.15, 0.2) is 18.3 Å². The normalized spacial score (nSPS) is 28.9. The zero-order valence-electron chi connectivity index (χ0n) is 11.2. The summed E-state index contributed by atoms with van der Waals surface area (Å²) in [6, 6.07) is 5.64. The molecule has 1 aromatic heterocycles. The third kappa shape index (κ3) is 2.43. The first-order valence-electron chi connectivity index (χ1n) is 7.22. The summed E-state index contributed by atoms with van der Waals surface area (Å²) < 4.78 is 0. The van der Waals surface area contributed by atoms with Gasteiger partial charge in [-0.3, -0.25) is 9.88 Å². The largest absolute Gasteiger partial charge is 0.312 e. The van der Waals surface area contributed by atoms with Gasteiger partial charge >= 0.3 is 0 Å². The first-order valence-corrected chi connectivity index (χ1v) is 7.22. The second-order valence-corrected chi connectivity index (χ2v) is 5.65. The highest BCUT2D eigenvalue weighted by molar-refractivity contribution is 5.17. The number of rotatable bonds is 3. The topological polar surface area (TPSA) is 28.2 Å². The van der Waals surface area contributed by atoms with Crippen molar-refractivity contribution in [1.29, 1.82) is 0 Å². The lowest BCUT2D eigenvalue weighted by Gasteiger charge is -2.29. The van der Waals surface area contributed by atoms with Crippen molar-refractivity contribution < 1.29 is 0 Å². The minimum Gasteiger partial charge on any atom is -0.312 e.